The van der Waals surface area contributed by atoms with Crippen molar-refractivity contribution in [2.24, 2.45) is 9.98 Å². The monoisotopic (exact) mass is 576 g/mol. The molecule has 2 aromatic rings. The van der Waals surface area contributed by atoms with Gasteiger partial charge in [0.2, 0.25) is 0 Å². The Morgan fingerprint density at radius 3 is 2.35 bits per heavy atom. The summed E-state index contributed by atoms with van der Waals surface area (Å²) in [4.78, 5) is 13.1. The van der Waals surface area contributed by atoms with Gasteiger partial charge in [-0.25, -0.2) is 4.39 Å². The Hall–Kier alpha value is -3.18. The van der Waals surface area contributed by atoms with E-state index in [1.807, 2.05) is 36.3 Å². The van der Waals surface area contributed by atoms with E-state index < -0.39 is 25.9 Å². The number of nitrogens with zero attached hydrogens (tertiary/aromatic N) is 4. The number of ether oxygens (including phenoxy) is 1. The highest BCUT2D eigenvalue weighted by Crippen LogP contribution is 2.37. The largest absolute Gasteiger partial charge is 0.424 e. The predicted octanol–water partition coefficient (Wildman–Crippen LogP) is 7.06. The van der Waals surface area contributed by atoms with Gasteiger partial charge in [0, 0.05) is 32.8 Å². The zero-order valence-electron chi connectivity index (χ0n) is 23.7. The molecule has 216 valence electrons. The van der Waals surface area contributed by atoms with E-state index >= 15 is 0 Å². The number of alkyl halides is 3. The van der Waals surface area contributed by atoms with Gasteiger partial charge in [-0.05, 0) is 48.3 Å². The molecule has 0 amide bonds. The van der Waals surface area contributed by atoms with Gasteiger partial charge in [-0.3, -0.25) is 0 Å². The van der Waals surface area contributed by atoms with Gasteiger partial charge in [-0.2, -0.15) is 23.2 Å². The van der Waals surface area contributed by atoms with Crippen molar-refractivity contribution in [3.63, 3.8) is 0 Å². The summed E-state index contributed by atoms with van der Waals surface area (Å²) in [7, 11) is 0.0473. The molecule has 6 nitrogen and oxygen atoms in total. The Balaban J connectivity index is 1.54. The van der Waals surface area contributed by atoms with Crippen LogP contribution in [0.1, 0.15) is 38.3 Å². The number of likely N-dealkylation sites (N-methyl/N-ethyl adjacent to an activating group) is 1. The summed E-state index contributed by atoms with van der Waals surface area (Å²) in [6.45, 7) is 12.5. The lowest BCUT2D eigenvalue weighted by Gasteiger charge is -2.42. The fraction of sp³-hybridized carbons (Fsp3) is 0.448. The second-order valence-corrected chi connectivity index (χ2v) is 16.4. The lowest BCUT2D eigenvalue weighted by molar-refractivity contribution is -0.140. The van der Waals surface area contributed by atoms with Crippen molar-refractivity contribution in [3.05, 3.63) is 77.4 Å². The smallest absolute Gasteiger partial charge is 0.419 e. The second-order valence-electron chi connectivity index (χ2n) is 11.6. The normalized spacial score (nSPS) is 17.9. The highest BCUT2D eigenvalue weighted by atomic mass is 28.4. The van der Waals surface area contributed by atoms with Crippen LogP contribution in [0.2, 0.25) is 18.1 Å². The summed E-state index contributed by atoms with van der Waals surface area (Å²) < 4.78 is 65.2. The van der Waals surface area contributed by atoms with Crippen molar-refractivity contribution in [1.29, 1.82) is 0 Å². The fourth-order valence-corrected chi connectivity index (χ4v) is 5.39. The predicted molar refractivity (Wildman–Crippen MR) is 151 cm³/mol. The Bertz CT molecular complexity index is 1300. The number of amidine groups is 2. The molecule has 0 N–H and O–H groups in total. The van der Waals surface area contributed by atoms with Crippen LogP contribution in [-0.2, 0) is 17.0 Å². The Morgan fingerprint density at radius 2 is 1.70 bits per heavy atom. The number of hydrogen-bond acceptors (Lipinski definition) is 6. The van der Waals surface area contributed by atoms with Crippen LogP contribution in [0.5, 0.6) is 5.75 Å². The molecule has 0 aromatic heterocycles. The van der Waals surface area contributed by atoms with E-state index in [-0.39, 0.29) is 23.0 Å². The van der Waals surface area contributed by atoms with E-state index in [1.165, 1.54) is 0 Å². The third-order valence-electron chi connectivity index (χ3n) is 7.64. The zero-order valence-corrected chi connectivity index (χ0v) is 24.7. The minimum Gasteiger partial charge on any atom is -0.424 e. The van der Waals surface area contributed by atoms with E-state index in [9.17, 15) is 17.6 Å². The summed E-state index contributed by atoms with van der Waals surface area (Å²) in [5.74, 6) is -1.00. The van der Waals surface area contributed by atoms with E-state index in [0.717, 1.165) is 24.1 Å². The number of benzene rings is 2. The highest BCUT2D eigenvalue weighted by molar-refractivity contribution is 6.74. The first-order valence-electron chi connectivity index (χ1n) is 13.3. The average molecular weight is 577 g/mol. The second kappa shape index (κ2) is 11.4. The van der Waals surface area contributed by atoms with Crippen molar-refractivity contribution in [2.75, 3.05) is 20.2 Å². The minimum absolute atomic E-state index is 0.0741. The molecule has 11 heteroatoms. The van der Waals surface area contributed by atoms with Crippen molar-refractivity contribution in [1.82, 2.24) is 9.80 Å². The van der Waals surface area contributed by atoms with Crippen molar-refractivity contribution in [3.8, 4) is 5.75 Å². The van der Waals surface area contributed by atoms with Crippen LogP contribution in [-0.4, -0.2) is 56.3 Å². The van der Waals surface area contributed by atoms with E-state index in [4.69, 9.17) is 9.16 Å². The molecule has 1 atom stereocenters. The molecule has 2 aliphatic heterocycles. The van der Waals surface area contributed by atoms with Crippen LogP contribution >= 0.6 is 0 Å². The van der Waals surface area contributed by atoms with E-state index in [0.29, 0.717) is 37.2 Å². The van der Waals surface area contributed by atoms with Gasteiger partial charge >= 0.3 is 12.2 Å². The van der Waals surface area contributed by atoms with E-state index in [1.54, 1.807) is 0 Å². The summed E-state index contributed by atoms with van der Waals surface area (Å²) in [6.07, 6.45) is -1.48. The Morgan fingerprint density at radius 1 is 1.00 bits per heavy atom. The van der Waals surface area contributed by atoms with E-state index in [2.05, 4.69) is 60.9 Å². The quantitative estimate of drug-likeness (QED) is 0.192. The van der Waals surface area contributed by atoms with Crippen LogP contribution in [0, 0.1) is 5.82 Å². The maximum absolute atomic E-state index is 13.7. The van der Waals surface area contributed by atoms with Crippen LogP contribution in [0.3, 0.4) is 0 Å². The summed E-state index contributed by atoms with van der Waals surface area (Å²) >= 11 is 0. The topological polar surface area (TPSA) is 49.7 Å². The van der Waals surface area contributed by atoms with Gasteiger partial charge in [0.25, 0.3) is 0 Å². The first kappa shape index (κ1) is 29.8. The maximum atomic E-state index is 13.7. The fourth-order valence-electron chi connectivity index (χ4n) is 4.30. The van der Waals surface area contributed by atoms with Gasteiger partial charge < -0.3 is 19.0 Å². The molecule has 0 saturated carbocycles. The first-order valence-corrected chi connectivity index (χ1v) is 16.2. The molecule has 0 bridgehead atoms. The molecule has 0 radical (unpaired) electrons. The first-order chi connectivity index (χ1) is 18.7. The van der Waals surface area contributed by atoms with Crippen molar-refractivity contribution >= 4 is 20.2 Å². The number of hydrogen-bond donors (Lipinski definition) is 0. The number of fused-ring (bicyclic) bond motifs is 1. The molecule has 0 fully saturated rings. The van der Waals surface area contributed by atoms with Gasteiger partial charge in [0.1, 0.15) is 23.4 Å². The van der Waals surface area contributed by atoms with Crippen LogP contribution in [0.4, 0.5) is 17.6 Å². The average Bonchev–Trinajstić information content (AvgIpc) is 3.27. The zero-order chi connectivity index (χ0) is 29.3. The Labute approximate surface area is 234 Å². The molecule has 2 aromatic carbocycles. The summed E-state index contributed by atoms with van der Waals surface area (Å²) in [5.41, 5.74) is 0.296. The van der Waals surface area contributed by atoms with Crippen LogP contribution < -0.4 is 4.74 Å². The van der Waals surface area contributed by atoms with Gasteiger partial charge in [0.15, 0.2) is 14.2 Å². The summed E-state index contributed by atoms with van der Waals surface area (Å²) in [6, 6.07) is 12.5. The minimum atomic E-state index is -4.84. The Kier molecular flexibility index (Phi) is 8.46. The lowest BCUT2D eigenvalue weighted by atomic mass is 10.1. The van der Waals surface area contributed by atoms with Crippen molar-refractivity contribution in [2.45, 2.75) is 64.1 Å². The number of aliphatic imine (C=N–C) groups is 2. The van der Waals surface area contributed by atoms with Crippen LogP contribution in [0.15, 0.2) is 70.4 Å². The lowest BCUT2D eigenvalue weighted by Crippen LogP contribution is -2.52. The third-order valence-corrected chi connectivity index (χ3v) is 12.2. The summed E-state index contributed by atoms with van der Waals surface area (Å²) in [5, 5.41) is 0.127. The van der Waals surface area contributed by atoms with Gasteiger partial charge in [-0.1, -0.05) is 51.1 Å². The number of rotatable bonds is 8. The molecular formula is C29H36F4N4O2Si. The standard InChI is InChI=1S/C29H36F4N4O2Si/c1-28(2,3)40(5,6)38-16-10-15-37-19-24-26(36(4)25(37)17-20-11-8-7-9-12-20)35-27(34-24)39-21-13-14-23(30)22(18-21)29(31,32)33/h7-9,11-14,18-19,25H,10,15-17H2,1-6H3. The maximum Gasteiger partial charge on any atom is 0.419 e. The molecule has 40 heavy (non-hydrogen) atoms. The highest BCUT2D eigenvalue weighted by Gasteiger charge is 2.38. The molecule has 0 saturated heterocycles. The molecular weight excluding hydrogens is 540 g/mol. The van der Waals surface area contributed by atoms with Crippen molar-refractivity contribution < 1.29 is 26.7 Å². The molecule has 2 aliphatic rings. The van der Waals surface area contributed by atoms with Gasteiger partial charge in [0.05, 0.1) is 5.56 Å². The van der Waals surface area contributed by atoms with Crippen LogP contribution in [0.25, 0.3) is 0 Å². The molecule has 0 spiro atoms. The molecule has 0 aliphatic carbocycles. The third kappa shape index (κ3) is 6.75. The van der Waals surface area contributed by atoms with Gasteiger partial charge in [-0.15, -0.1) is 0 Å². The SMILES string of the molecule is CN1C2=NC(Oc3ccc(F)c(C(F)(F)F)c3)=NC2=CN(CCCO[Si](C)(C)C(C)(C)C)C1Cc1ccccc1. The number of halogens is 4. The molecule has 1 unspecified atom stereocenters. The molecule has 2 heterocycles. The molecule has 4 rings (SSSR count).